The van der Waals surface area contributed by atoms with Gasteiger partial charge in [-0.25, -0.2) is 14.5 Å². The lowest BCUT2D eigenvalue weighted by atomic mass is 10.1. The molecule has 1 aliphatic rings. The van der Waals surface area contributed by atoms with E-state index in [0.717, 1.165) is 25.6 Å². The zero-order chi connectivity index (χ0) is 29.8. The Morgan fingerprint density at radius 3 is 2.64 bits per heavy atom. The molecule has 6 rings (SSSR count). The number of hydrogen-bond acceptors (Lipinski definition) is 8. The highest BCUT2D eigenvalue weighted by Crippen LogP contribution is 2.38. The quantitative estimate of drug-likeness (QED) is 0.237. The molecule has 0 bridgehead atoms. The highest BCUT2D eigenvalue weighted by atomic mass is 35.5. The van der Waals surface area contributed by atoms with Gasteiger partial charge in [0.05, 0.1) is 18.0 Å². The van der Waals surface area contributed by atoms with Gasteiger partial charge in [-0.3, -0.25) is 4.90 Å². The number of likely N-dealkylation sites (N-methyl/N-ethyl adjacent to an activating group) is 1. The molecule has 1 N–H and O–H groups in total. The van der Waals surface area contributed by atoms with Crippen LogP contribution in [-0.2, 0) is 19.8 Å². The number of aromatic nitrogens is 6. The SMILES string of the molecule is CN(C)[C@@H]1CCN(Cc2cc(Nc3nc4ncc(Oc5cnn6ccnc(Cl)c56)c(Cl)c4n3C)cc(C(F)(F)F)c2)C1. The lowest BCUT2D eigenvalue weighted by Gasteiger charge is -2.21. The number of rotatable bonds is 7. The van der Waals surface area contributed by atoms with E-state index in [1.807, 2.05) is 14.1 Å². The molecule has 1 saturated heterocycles. The first kappa shape index (κ1) is 28.5. The summed E-state index contributed by atoms with van der Waals surface area (Å²) < 4.78 is 50.7. The molecule has 220 valence electrons. The summed E-state index contributed by atoms with van der Waals surface area (Å²) in [6.07, 6.45) is 2.49. The van der Waals surface area contributed by atoms with Gasteiger partial charge in [0.25, 0.3) is 0 Å². The normalized spacial score (nSPS) is 16.3. The Balaban J connectivity index is 1.30. The number of anilines is 2. The average molecular weight is 620 g/mol. The number of imidazole rings is 1. The first-order chi connectivity index (χ1) is 20.0. The molecular weight excluding hydrogens is 594 g/mol. The number of fused-ring (bicyclic) bond motifs is 2. The van der Waals surface area contributed by atoms with Crippen LogP contribution in [0.4, 0.5) is 24.8 Å². The summed E-state index contributed by atoms with van der Waals surface area (Å²) in [5.74, 6) is 0.804. The van der Waals surface area contributed by atoms with Crippen LogP contribution in [0.5, 0.6) is 11.5 Å². The van der Waals surface area contributed by atoms with Gasteiger partial charge in [-0.05, 0) is 44.3 Å². The molecule has 0 saturated carbocycles. The van der Waals surface area contributed by atoms with Crippen molar-refractivity contribution in [2.75, 3.05) is 32.5 Å². The van der Waals surface area contributed by atoms with Crippen LogP contribution in [-0.4, -0.2) is 72.2 Å². The van der Waals surface area contributed by atoms with Crippen LogP contribution in [0.1, 0.15) is 17.5 Å². The molecule has 10 nitrogen and oxygen atoms in total. The fourth-order valence-corrected chi connectivity index (χ4v) is 5.69. The van der Waals surface area contributed by atoms with E-state index in [1.165, 1.54) is 29.2 Å². The van der Waals surface area contributed by atoms with Gasteiger partial charge in [-0.2, -0.15) is 23.3 Å². The minimum atomic E-state index is -4.51. The van der Waals surface area contributed by atoms with E-state index in [9.17, 15) is 13.2 Å². The Morgan fingerprint density at radius 1 is 1.10 bits per heavy atom. The molecule has 0 aliphatic carbocycles. The van der Waals surface area contributed by atoms with Crippen molar-refractivity contribution < 1.29 is 17.9 Å². The monoisotopic (exact) mass is 619 g/mol. The van der Waals surface area contributed by atoms with Crippen LogP contribution in [0.15, 0.2) is 43.0 Å². The van der Waals surface area contributed by atoms with E-state index in [4.69, 9.17) is 27.9 Å². The van der Waals surface area contributed by atoms with Gasteiger partial charge in [0.2, 0.25) is 5.95 Å². The Labute approximate surface area is 248 Å². The zero-order valence-corrected chi connectivity index (χ0v) is 24.3. The molecule has 1 fully saturated rings. The highest BCUT2D eigenvalue weighted by Gasteiger charge is 2.32. The maximum atomic E-state index is 13.9. The third kappa shape index (κ3) is 5.44. The van der Waals surface area contributed by atoms with E-state index in [0.29, 0.717) is 34.9 Å². The second-order valence-corrected chi connectivity index (χ2v) is 11.1. The number of alkyl halides is 3. The number of halogens is 5. The van der Waals surface area contributed by atoms with Crippen molar-refractivity contribution in [3.05, 3.63) is 64.3 Å². The Morgan fingerprint density at radius 2 is 1.90 bits per heavy atom. The van der Waals surface area contributed by atoms with E-state index < -0.39 is 11.7 Å². The topological polar surface area (TPSA) is 88.6 Å². The molecule has 42 heavy (non-hydrogen) atoms. The zero-order valence-electron chi connectivity index (χ0n) is 22.8. The van der Waals surface area contributed by atoms with Gasteiger partial charge in [-0.1, -0.05) is 23.2 Å². The second kappa shape index (κ2) is 10.9. The summed E-state index contributed by atoms with van der Waals surface area (Å²) >= 11 is 13.0. The molecule has 15 heteroatoms. The first-order valence-corrected chi connectivity index (χ1v) is 13.8. The lowest BCUT2D eigenvalue weighted by Crippen LogP contribution is -2.31. The molecule has 5 heterocycles. The van der Waals surface area contributed by atoms with Crippen molar-refractivity contribution in [3.63, 3.8) is 0 Å². The number of nitrogens with zero attached hydrogens (tertiary/aromatic N) is 8. The van der Waals surface area contributed by atoms with Crippen LogP contribution in [0, 0.1) is 0 Å². The number of benzene rings is 1. The lowest BCUT2D eigenvalue weighted by molar-refractivity contribution is -0.137. The van der Waals surface area contributed by atoms with E-state index in [-0.39, 0.29) is 33.2 Å². The molecule has 0 amide bonds. The number of ether oxygens (including phenoxy) is 1. The third-order valence-electron chi connectivity index (χ3n) is 7.34. The molecule has 0 radical (unpaired) electrons. The molecule has 0 spiro atoms. The number of aryl methyl sites for hydroxylation is 1. The fraction of sp³-hybridized carbons (Fsp3) is 0.333. The highest BCUT2D eigenvalue weighted by molar-refractivity contribution is 6.36. The standard InChI is InChI=1S/C27H26Cl2F3N9O/c1-38(2)18-4-6-40(14-18)13-15-8-16(27(30,31)32)10-17(9-15)36-26-37-25-23(39(26)3)21(28)19(11-34-25)42-20-12-35-41-7-5-33-24(29)22(20)41/h5,7-12,18H,4,6,13-14H2,1-3H3,(H,34,36,37)/t18-/m1/s1. The average Bonchev–Trinajstić information content (AvgIpc) is 3.64. The molecule has 4 aromatic heterocycles. The van der Waals surface area contributed by atoms with Crippen LogP contribution in [0.25, 0.3) is 16.7 Å². The maximum absolute atomic E-state index is 13.9. The Hall–Kier alpha value is -3.65. The summed E-state index contributed by atoms with van der Waals surface area (Å²) in [6, 6.07) is 4.36. The van der Waals surface area contributed by atoms with Gasteiger partial charge in [0.15, 0.2) is 22.3 Å². The van der Waals surface area contributed by atoms with Crippen molar-refractivity contribution in [2.24, 2.45) is 7.05 Å². The molecule has 1 aliphatic heterocycles. The summed E-state index contributed by atoms with van der Waals surface area (Å²) in [6.45, 7) is 2.02. The number of pyridine rings is 1. The molecule has 1 atom stereocenters. The number of likely N-dealkylation sites (tertiary alicyclic amines) is 1. The molecular formula is C27H26Cl2F3N9O. The van der Waals surface area contributed by atoms with Crippen molar-refractivity contribution >= 4 is 51.5 Å². The van der Waals surface area contributed by atoms with Crippen LogP contribution in [0.2, 0.25) is 10.2 Å². The van der Waals surface area contributed by atoms with Crippen molar-refractivity contribution in [2.45, 2.75) is 25.2 Å². The van der Waals surface area contributed by atoms with E-state index >= 15 is 0 Å². The van der Waals surface area contributed by atoms with E-state index in [2.05, 4.69) is 35.2 Å². The first-order valence-electron chi connectivity index (χ1n) is 13.0. The summed E-state index contributed by atoms with van der Waals surface area (Å²) in [7, 11) is 5.71. The number of nitrogens with one attached hydrogen (secondary N) is 1. The van der Waals surface area contributed by atoms with Gasteiger partial charge >= 0.3 is 6.18 Å². The summed E-state index contributed by atoms with van der Waals surface area (Å²) in [5.41, 5.74) is 1.24. The third-order valence-corrected chi connectivity index (χ3v) is 7.98. The molecule has 5 aromatic rings. The molecule has 1 aromatic carbocycles. The summed E-state index contributed by atoms with van der Waals surface area (Å²) in [5, 5.41) is 7.64. The van der Waals surface area contributed by atoms with Crippen LogP contribution >= 0.6 is 23.2 Å². The minimum absolute atomic E-state index is 0.199. The van der Waals surface area contributed by atoms with Gasteiger partial charge in [0.1, 0.15) is 16.1 Å². The second-order valence-electron chi connectivity index (χ2n) is 10.4. The van der Waals surface area contributed by atoms with Crippen molar-refractivity contribution in [3.8, 4) is 11.5 Å². The number of hydrogen-bond donors (Lipinski definition) is 1. The summed E-state index contributed by atoms with van der Waals surface area (Å²) in [4.78, 5) is 17.2. The van der Waals surface area contributed by atoms with Gasteiger partial charge in [-0.15, -0.1) is 0 Å². The van der Waals surface area contributed by atoms with E-state index in [1.54, 1.807) is 23.9 Å². The maximum Gasteiger partial charge on any atom is 0.416 e. The predicted octanol–water partition coefficient (Wildman–Crippen LogP) is 6.01. The van der Waals surface area contributed by atoms with Crippen molar-refractivity contribution in [1.29, 1.82) is 0 Å². The van der Waals surface area contributed by atoms with Crippen molar-refractivity contribution in [1.82, 2.24) is 38.9 Å². The van der Waals surface area contributed by atoms with Crippen LogP contribution < -0.4 is 10.1 Å². The Kier molecular flexibility index (Phi) is 7.37. The molecule has 0 unspecified atom stereocenters. The fourth-order valence-electron chi connectivity index (χ4n) is 5.15. The minimum Gasteiger partial charge on any atom is -0.450 e. The predicted molar refractivity (Wildman–Crippen MR) is 154 cm³/mol. The van der Waals surface area contributed by atoms with Crippen LogP contribution in [0.3, 0.4) is 0 Å². The largest absolute Gasteiger partial charge is 0.450 e. The Bertz CT molecular complexity index is 1790. The van der Waals surface area contributed by atoms with Gasteiger partial charge < -0.3 is 19.5 Å². The van der Waals surface area contributed by atoms with Gasteiger partial charge in [0, 0.05) is 50.8 Å². The smallest absolute Gasteiger partial charge is 0.416 e.